The first-order valence-electron chi connectivity index (χ1n) is 7.49. The van der Waals surface area contributed by atoms with E-state index in [1.165, 1.54) is 12.8 Å². The predicted octanol–water partition coefficient (Wildman–Crippen LogP) is 2.76. The molecule has 0 bridgehead atoms. The van der Waals surface area contributed by atoms with Gasteiger partial charge in [0.15, 0.2) is 0 Å². The molecule has 0 heterocycles. The number of hydrogen-bond acceptors (Lipinski definition) is 4. The zero-order valence-corrected chi connectivity index (χ0v) is 13.4. The minimum Gasteiger partial charge on any atom is -0.490 e. The Morgan fingerprint density at radius 1 is 1.33 bits per heavy atom. The zero-order chi connectivity index (χ0) is 15.2. The van der Waals surface area contributed by atoms with Crippen LogP contribution in [0.15, 0.2) is 18.2 Å². The van der Waals surface area contributed by atoms with Crippen molar-refractivity contribution in [1.82, 2.24) is 5.32 Å². The standard InChI is InChI=1S/C16H24ClNO3/c1-11(2)20-9-13(19)10-21-16-5-3-4-15(17)14(16)8-18-12-6-7-12/h3-5,11-13,18-19H,6-10H2,1-2H3. The maximum Gasteiger partial charge on any atom is 0.125 e. The molecule has 1 aromatic carbocycles. The summed E-state index contributed by atoms with van der Waals surface area (Å²) in [4.78, 5) is 0. The van der Waals surface area contributed by atoms with Crippen molar-refractivity contribution in [3.05, 3.63) is 28.8 Å². The van der Waals surface area contributed by atoms with Crippen molar-refractivity contribution in [2.45, 2.75) is 51.5 Å². The van der Waals surface area contributed by atoms with Gasteiger partial charge in [0, 0.05) is 23.2 Å². The van der Waals surface area contributed by atoms with Gasteiger partial charge in [0.25, 0.3) is 0 Å². The zero-order valence-electron chi connectivity index (χ0n) is 12.6. The summed E-state index contributed by atoms with van der Waals surface area (Å²) in [5, 5.41) is 14.0. The highest BCUT2D eigenvalue weighted by Gasteiger charge is 2.21. The molecule has 2 N–H and O–H groups in total. The summed E-state index contributed by atoms with van der Waals surface area (Å²) in [6, 6.07) is 6.21. The lowest BCUT2D eigenvalue weighted by atomic mass is 10.2. The van der Waals surface area contributed by atoms with Crippen LogP contribution >= 0.6 is 11.6 Å². The molecule has 4 nitrogen and oxygen atoms in total. The monoisotopic (exact) mass is 313 g/mol. The molecule has 21 heavy (non-hydrogen) atoms. The van der Waals surface area contributed by atoms with Gasteiger partial charge in [-0.05, 0) is 38.8 Å². The fraction of sp³-hybridized carbons (Fsp3) is 0.625. The van der Waals surface area contributed by atoms with Crippen LogP contribution in [0.2, 0.25) is 5.02 Å². The van der Waals surface area contributed by atoms with Crippen molar-refractivity contribution < 1.29 is 14.6 Å². The van der Waals surface area contributed by atoms with E-state index in [0.717, 1.165) is 11.3 Å². The van der Waals surface area contributed by atoms with Crippen LogP contribution in [0.4, 0.5) is 0 Å². The highest BCUT2D eigenvalue weighted by Crippen LogP contribution is 2.28. The van der Waals surface area contributed by atoms with Gasteiger partial charge in [-0.2, -0.15) is 0 Å². The Balaban J connectivity index is 1.87. The summed E-state index contributed by atoms with van der Waals surface area (Å²) >= 11 is 6.24. The Bertz CT molecular complexity index is 449. The Morgan fingerprint density at radius 3 is 2.76 bits per heavy atom. The van der Waals surface area contributed by atoms with Gasteiger partial charge in [-0.25, -0.2) is 0 Å². The molecule has 118 valence electrons. The number of aliphatic hydroxyl groups is 1. The summed E-state index contributed by atoms with van der Waals surface area (Å²) in [6.07, 6.45) is 1.91. The molecule has 0 aromatic heterocycles. The summed E-state index contributed by atoms with van der Waals surface area (Å²) in [5.74, 6) is 0.722. The Morgan fingerprint density at radius 2 is 2.10 bits per heavy atom. The molecular weight excluding hydrogens is 290 g/mol. The fourth-order valence-corrected chi connectivity index (χ4v) is 2.15. The van der Waals surface area contributed by atoms with Crippen molar-refractivity contribution >= 4 is 11.6 Å². The van der Waals surface area contributed by atoms with E-state index in [-0.39, 0.29) is 19.3 Å². The van der Waals surface area contributed by atoms with Crippen molar-refractivity contribution in [3.8, 4) is 5.75 Å². The largest absolute Gasteiger partial charge is 0.490 e. The van der Waals surface area contributed by atoms with Gasteiger partial charge in [-0.3, -0.25) is 0 Å². The average Bonchev–Trinajstić information content (AvgIpc) is 3.26. The number of nitrogens with one attached hydrogen (secondary N) is 1. The van der Waals surface area contributed by atoms with Crippen molar-refractivity contribution in [3.63, 3.8) is 0 Å². The molecule has 0 amide bonds. The summed E-state index contributed by atoms with van der Waals surface area (Å²) in [6.45, 7) is 5.04. The van der Waals surface area contributed by atoms with E-state index in [9.17, 15) is 5.11 Å². The number of aliphatic hydroxyl groups excluding tert-OH is 1. The molecule has 0 radical (unpaired) electrons. The van der Waals surface area contributed by atoms with E-state index in [2.05, 4.69) is 5.32 Å². The minimum atomic E-state index is -0.643. The average molecular weight is 314 g/mol. The molecule has 1 aliphatic rings. The first-order chi connectivity index (χ1) is 10.1. The second-order valence-corrected chi connectivity index (χ2v) is 6.13. The molecule has 1 aromatic rings. The van der Waals surface area contributed by atoms with Crippen molar-refractivity contribution in [1.29, 1.82) is 0 Å². The van der Waals surface area contributed by atoms with Gasteiger partial charge in [0.1, 0.15) is 18.5 Å². The van der Waals surface area contributed by atoms with E-state index >= 15 is 0 Å². The highest BCUT2D eigenvalue weighted by molar-refractivity contribution is 6.31. The lowest BCUT2D eigenvalue weighted by molar-refractivity contribution is -0.0124. The second-order valence-electron chi connectivity index (χ2n) is 5.72. The van der Waals surface area contributed by atoms with Crippen molar-refractivity contribution in [2.75, 3.05) is 13.2 Å². The molecular formula is C16H24ClNO3. The number of hydrogen-bond donors (Lipinski definition) is 2. The topological polar surface area (TPSA) is 50.7 Å². The van der Waals surface area contributed by atoms with Crippen LogP contribution in [0.3, 0.4) is 0 Å². The third-order valence-electron chi connectivity index (χ3n) is 3.27. The van der Waals surface area contributed by atoms with Crippen LogP contribution < -0.4 is 10.1 Å². The number of rotatable bonds is 9. The van der Waals surface area contributed by atoms with Gasteiger partial charge in [0.05, 0.1) is 12.7 Å². The van der Waals surface area contributed by atoms with Crippen LogP contribution in [0, 0.1) is 0 Å². The molecule has 0 spiro atoms. The van der Waals surface area contributed by atoms with Gasteiger partial charge in [-0.15, -0.1) is 0 Å². The quantitative estimate of drug-likeness (QED) is 0.736. The molecule has 0 saturated heterocycles. The molecule has 1 atom stereocenters. The van der Waals surface area contributed by atoms with E-state index in [1.54, 1.807) is 0 Å². The second kappa shape index (κ2) is 7.99. The molecule has 5 heteroatoms. The van der Waals surface area contributed by atoms with E-state index in [0.29, 0.717) is 17.6 Å². The third-order valence-corrected chi connectivity index (χ3v) is 3.63. The lowest BCUT2D eigenvalue weighted by Gasteiger charge is -2.17. The predicted molar refractivity (Wildman–Crippen MR) is 83.9 cm³/mol. The number of benzene rings is 1. The van der Waals surface area contributed by atoms with E-state index < -0.39 is 6.10 Å². The Labute approximate surface area is 131 Å². The number of halogens is 1. The Hall–Kier alpha value is -0.810. The molecule has 1 unspecified atom stereocenters. The maximum absolute atomic E-state index is 9.85. The summed E-state index contributed by atoms with van der Waals surface area (Å²) in [7, 11) is 0. The highest BCUT2D eigenvalue weighted by atomic mass is 35.5. The first kappa shape index (κ1) is 16.6. The van der Waals surface area contributed by atoms with Crippen LogP contribution in [-0.2, 0) is 11.3 Å². The van der Waals surface area contributed by atoms with E-state index in [1.807, 2.05) is 32.0 Å². The minimum absolute atomic E-state index is 0.101. The molecule has 1 saturated carbocycles. The maximum atomic E-state index is 9.85. The van der Waals surface area contributed by atoms with Gasteiger partial charge in [-0.1, -0.05) is 17.7 Å². The number of ether oxygens (including phenoxy) is 2. The van der Waals surface area contributed by atoms with Crippen LogP contribution in [0.25, 0.3) is 0 Å². The normalized spacial score (nSPS) is 16.2. The SMILES string of the molecule is CC(C)OCC(O)COc1cccc(Cl)c1CNC1CC1. The molecule has 0 aliphatic heterocycles. The fourth-order valence-electron chi connectivity index (χ4n) is 1.92. The van der Waals surface area contributed by atoms with Gasteiger partial charge < -0.3 is 19.9 Å². The molecule has 1 fully saturated rings. The van der Waals surface area contributed by atoms with E-state index in [4.69, 9.17) is 21.1 Å². The molecule has 1 aliphatic carbocycles. The first-order valence-corrected chi connectivity index (χ1v) is 7.87. The van der Waals surface area contributed by atoms with Crippen LogP contribution in [0.5, 0.6) is 5.75 Å². The van der Waals surface area contributed by atoms with Crippen LogP contribution in [0.1, 0.15) is 32.3 Å². The van der Waals surface area contributed by atoms with Crippen LogP contribution in [-0.4, -0.2) is 36.6 Å². The van der Waals surface area contributed by atoms with Gasteiger partial charge >= 0.3 is 0 Å². The summed E-state index contributed by atoms with van der Waals surface area (Å²) < 4.78 is 11.1. The summed E-state index contributed by atoms with van der Waals surface area (Å²) in [5.41, 5.74) is 0.947. The van der Waals surface area contributed by atoms with Crippen molar-refractivity contribution in [2.24, 2.45) is 0 Å². The third kappa shape index (κ3) is 5.83. The smallest absolute Gasteiger partial charge is 0.125 e. The van der Waals surface area contributed by atoms with Gasteiger partial charge in [0.2, 0.25) is 0 Å². The lowest BCUT2D eigenvalue weighted by Crippen LogP contribution is -2.25. The Kier molecular flexibility index (Phi) is 6.30. The molecule has 2 rings (SSSR count).